The highest BCUT2D eigenvalue weighted by atomic mass is 16.5. The van der Waals surface area contributed by atoms with Gasteiger partial charge >= 0.3 is 12.0 Å². The van der Waals surface area contributed by atoms with Gasteiger partial charge < -0.3 is 30.3 Å². The van der Waals surface area contributed by atoms with E-state index in [4.69, 9.17) is 9.84 Å². The molecule has 0 atom stereocenters. The Balaban J connectivity index is 2.00. The summed E-state index contributed by atoms with van der Waals surface area (Å²) in [6.07, 6.45) is 1.46. The lowest BCUT2D eigenvalue weighted by molar-refractivity contribution is -0.137. The Morgan fingerprint density at radius 3 is 2.29 bits per heavy atom. The summed E-state index contributed by atoms with van der Waals surface area (Å²) in [6, 6.07) is 12.3. The Labute approximate surface area is 200 Å². The van der Waals surface area contributed by atoms with E-state index in [2.05, 4.69) is 15.5 Å². The Morgan fingerprint density at radius 1 is 0.971 bits per heavy atom. The van der Waals surface area contributed by atoms with Crippen LogP contribution in [0.4, 0.5) is 21.9 Å². The number of ether oxygens (including phenoxy) is 1. The van der Waals surface area contributed by atoms with Crippen LogP contribution in [0.15, 0.2) is 42.5 Å². The van der Waals surface area contributed by atoms with Crippen LogP contribution in [0.2, 0.25) is 0 Å². The number of anilines is 3. The van der Waals surface area contributed by atoms with E-state index in [1.807, 2.05) is 38.2 Å². The number of methoxy groups -OCH3 is 1. The Kier molecular flexibility index (Phi) is 10.3. The normalized spacial score (nSPS) is 10.6. The molecule has 3 amide bonds. The number of carbonyl (C=O) groups excluding carboxylic acids is 2. The Bertz CT molecular complexity index is 995. The van der Waals surface area contributed by atoms with Crippen LogP contribution in [0.5, 0.6) is 5.75 Å². The molecule has 2 rings (SSSR count). The SMILES string of the molecule is COc1cc(N(CCCN(C)CCCC(=O)O)C(C)=O)ccc1NC(=O)Nc1ccccc1C. The number of aliphatic carboxylic acids is 1. The predicted octanol–water partition coefficient (Wildman–Crippen LogP) is 4.19. The van der Waals surface area contributed by atoms with E-state index in [1.165, 1.54) is 14.0 Å². The number of nitrogens with one attached hydrogen (secondary N) is 2. The number of hydrogen-bond acceptors (Lipinski definition) is 5. The molecule has 0 heterocycles. The van der Waals surface area contributed by atoms with Crippen LogP contribution in [0.25, 0.3) is 0 Å². The number of carbonyl (C=O) groups is 3. The third-order valence-electron chi connectivity index (χ3n) is 5.37. The summed E-state index contributed by atoms with van der Waals surface area (Å²) < 4.78 is 5.46. The van der Waals surface area contributed by atoms with Crippen molar-refractivity contribution >= 4 is 35.0 Å². The van der Waals surface area contributed by atoms with Gasteiger partial charge in [0, 0.05) is 37.3 Å². The molecule has 9 heteroatoms. The number of rotatable bonds is 12. The van der Waals surface area contributed by atoms with Gasteiger partial charge in [0.25, 0.3) is 0 Å². The summed E-state index contributed by atoms with van der Waals surface area (Å²) >= 11 is 0. The first-order chi connectivity index (χ1) is 16.2. The third-order valence-corrected chi connectivity index (χ3v) is 5.37. The van der Waals surface area contributed by atoms with Crippen LogP contribution >= 0.6 is 0 Å². The number of carboxylic acids is 1. The summed E-state index contributed by atoms with van der Waals surface area (Å²) in [7, 11) is 3.44. The number of amides is 3. The van der Waals surface area contributed by atoms with Crippen LogP contribution in [0.1, 0.15) is 31.7 Å². The lowest BCUT2D eigenvalue weighted by Gasteiger charge is -2.24. The molecule has 0 aliphatic rings. The number of aryl methyl sites for hydroxylation is 1. The molecule has 0 fully saturated rings. The molecule has 0 spiro atoms. The van der Waals surface area contributed by atoms with Crippen molar-refractivity contribution in [3.05, 3.63) is 48.0 Å². The largest absolute Gasteiger partial charge is 0.494 e. The zero-order valence-corrected chi connectivity index (χ0v) is 20.3. The van der Waals surface area contributed by atoms with Crippen molar-refractivity contribution in [2.75, 3.05) is 49.3 Å². The van der Waals surface area contributed by atoms with Crippen molar-refractivity contribution in [3.8, 4) is 5.75 Å². The van der Waals surface area contributed by atoms with E-state index in [9.17, 15) is 14.4 Å². The topological polar surface area (TPSA) is 111 Å². The molecule has 0 radical (unpaired) electrons. The Hall–Kier alpha value is -3.59. The molecule has 2 aromatic carbocycles. The van der Waals surface area contributed by atoms with Gasteiger partial charge in [0.05, 0.1) is 12.8 Å². The number of urea groups is 1. The average molecular weight is 471 g/mol. The maximum Gasteiger partial charge on any atom is 0.323 e. The van der Waals surface area contributed by atoms with Crippen LogP contribution in [-0.2, 0) is 9.59 Å². The molecular weight excluding hydrogens is 436 g/mol. The van der Waals surface area contributed by atoms with E-state index in [1.54, 1.807) is 23.1 Å². The molecule has 0 saturated heterocycles. The second kappa shape index (κ2) is 13.2. The van der Waals surface area contributed by atoms with Gasteiger partial charge in [0.2, 0.25) is 5.91 Å². The minimum atomic E-state index is -0.796. The van der Waals surface area contributed by atoms with Crippen LogP contribution in [-0.4, -0.2) is 61.7 Å². The maximum absolute atomic E-state index is 12.5. The molecule has 0 unspecified atom stereocenters. The van der Waals surface area contributed by atoms with Crippen LogP contribution in [0.3, 0.4) is 0 Å². The highest BCUT2D eigenvalue weighted by molar-refractivity contribution is 6.01. The van der Waals surface area contributed by atoms with Gasteiger partial charge in [-0.2, -0.15) is 0 Å². The van der Waals surface area contributed by atoms with Crippen molar-refractivity contribution in [1.29, 1.82) is 0 Å². The minimum Gasteiger partial charge on any atom is -0.494 e. The summed E-state index contributed by atoms with van der Waals surface area (Å²) in [6.45, 7) is 5.34. The minimum absolute atomic E-state index is 0.103. The van der Waals surface area contributed by atoms with Gasteiger partial charge in [-0.25, -0.2) is 4.79 Å². The third kappa shape index (κ3) is 8.40. The fourth-order valence-corrected chi connectivity index (χ4v) is 3.52. The molecule has 0 aromatic heterocycles. The second-order valence-electron chi connectivity index (χ2n) is 8.10. The highest BCUT2D eigenvalue weighted by Gasteiger charge is 2.16. The van der Waals surface area contributed by atoms with Gasteiger partial charge in [-0.05, 0) is 63.7 Å². The van der Waals surface area contributed by atoms with E-state index in [0.29, 0.717) is 42.3 Å². The van der Waals surface area contributed by atoms with Crippen molar-refractivity contribution in [3.63, 3.8) is 0 Å². The van der Waals surface area contributed by atoms with E-state index < -0.39 is 12.0 Å². The average Bonchev–Trinajstić information content (AvgIpc) is 2.78. The van der Waals surface area contributed by atoms with Gasteiger partial charge in [-0.3, -0.25) is 9.59 Å². The standard InChI is InChI=1S/C25H34N4O5/c1-18-9-5-6-10-21(18)26-25(33)27-22-13-12-20(17-23(22)34-4)29(19(2)30)16-8-15-28(3)14-7-11-24(31)32/h5-6,9-10,12-13,17H,7-8,11,14-16H2,1-4H3,(H,31,32)(H2,26,27,33). The molecule has 0 bridgehead atoms. The first-order valence-corrected chi connectivity index (χ1v) is 11.2. The van der Waals surface area contributed by atoms with E-state index >= 15 is 0 Å². The zero-order chi connectivity index (χ0) is 25.1. The summed E-state index contributed by atoms with van der Waals surface area (Å²) in [5.74, 6) is -0.459. The molecule has 9 nitrogen and oxygen atoms in total. The smallest absolute Gasteiger partial charge is 0.323 e. The summed E-state index contributed by atoms with van der Waals surface area (Å²) in [5, 5.41) is 14.4. The number of nitrogens with zero attached hydrogens (tertiary/aromatic N) is 2. The Morgan fingerprint density at radius 2 is 1.65 bits per heavy atom. The quantitative estimate of drug-likeness (QED) is 0.429. The van der Waals surface area contributed by atoms with Gasteiger partial charge in [0.15, 0.2) is 0 Å². The molecular formula is C25H34N4O5. The molecule has 0 aliphatic heterocycles. The number of carboxylic acid groups (broad SMARTS) is 1. The van der Waals surface area contributed by atoms with Crippen molar-refractivity contribution in [1.82, 2.24) is 4.90 Å². The summed E-state index contributed by atoms with van der Waals surface area (Å²) in [5.41, 5.74) is 2.82. The fourth-order valence-electron chi connectivity index (χ4n) is 3.52. The molecule has 0 saturated carbocycles. The van der Waals surface area contributed by atoms with E-state index in [0.717, 1.165) is 18.5 Å². The fraction of sp³-hybridized carbons (Fsp3) is 0.400. The predicted molar refractivity (Wildman–Crippen MR) is 134 cm³/mol. The zero-order valence-electron chi connectivity index (χ0n) is 20.3. The second-order valence-corrected chi connectivity index (χ2v) is 8.10. The van der Waals surface area contributed by atoms with E-state index in [-0.39, 0.29) is 12.3 Å². The van der Waals surface area contributed by atoms with Gasteiger partial charge in [0.1, 0.15) is 5.75 Å². The first-order valence-electron chi connectivity index (χ1n) is 11.2. The monoisotopic (exact) mass is 470 g/mol. The summed E-state index contributed by atoms with van der Waals surface area (Å²) in [4.78, 5) is 39.1. The van der Waals surface area contributed by atoms with Crippen molar-refractivity contribution in [2.24, 2.45) is 0 Å². The highest BCUT2D eigenvalue weighted by Crippen LogP contribution is 2.30. The van der Waals surface area contributed by atoms with Crippen LogP contribution < -0.4 is 20.3 Å². The lowest BCUT2D eigenvalue weighted by atomic mass is 10.2. The molecule has 3 N–H and O–H groups in total. The first kappa shape index (κ1) is 26.7. The molecule has 0 aliphatic carbocycles. The number of hydrogen-bond donors (Lipinski definition) is 3. The van der Waals surface area contributed by atoms with Gasteiger partial charge in [-0.15, -0.1) is 0 Å². The van der Waals surface area contributed by atoms with Crippen molar-refractivity contribution < 1.29 is 24.2 Å². The molecule has 34 heavy (non-hydrogen) atoms. The van der Waals surface area contributed by atoms with Crippen LogP contribution in [0, 0.1) is 6.92 Å². The number of benzene rings is 2. The molecule has 184 valence electrons. The maximum atomic E-state index is 12.5. The number of para-hydroxylation sites is 1. The lowest BCUT2D eigenvalue weighted by Crippen LogP contribution is -2.32. The molecule has 2 aromatic rings. The van der Waals surface area contributed by atoms with Gasteiger partial charge in [-0.1, -0.05) is 18.2 Å². The van der Waals surface area contributed by atoms with Crippen molar-refractivity contribution in [2.45, 2.75) is 33.1 Å².